The topological polar surface area (TPSA) is 85.1 Å². The van der Waals surface area contributed by atoms with Crippen LogP contribution in [-0.4, -0.2) is 13.4 Å². The molecule has 0 amide bonds. The zero-order valence-corrected chi connectivity index (χ0v) is 12.6. The number of sulfonamides is 1. The summed E-state index contributed by atoms with van der Waals surface area (Å²) in [6.07, 6.45) is 1.45. The van der Waals surface area contributed by atoms with Crippen LogP contribution in [0.2, 0.25) is 5.02 Å². The monoisotopic (exact) mass is 311 g/mol. The average molecular weight is 312 g/mol. The van der Waals surface area contributed by atoms with E-state index in [0.717, 1.165) is 5.69 Å². The first-order valence-corrected chi connectivity index (χ1v) is 7.67. The van der Waals surface area contributed by atoms with Crippen molar-refractivity contribution in [1.29, 1.82) is 0 Å². The van der Waals surface area contributed by atoms with Gasteiger partial charge < -0.3 is 5.73 Å². The molecule has 0 saturated carbocycles. The van der Waals surface area contributed by atoms with Crippen LogP contribution >= 0.6 is 11.6 Å². The fourth-order valence-electron chi connectivity index (χ4n) is 1.57. The summed E-state index contributed by atoms with van der Waals surface area (Å²) in [6.45, 7) is 3.55. The van der Waals surface area contributed by atoms with Crippen molar-refractivity contribution in [3.05, 3.63) is 46.7 Å². The Morgan fingerprint density at radius 1 is 1.25 bits per heavy atom. The molecule has 0 aliphatic rings. The second kappa shape index (κ2) is 5.30. The molecule has 0 saturated heterocycles. The zero-order valence-electron chi connectivity index (χ0n) is 11.0. The lowest BCUT2D eigenvalue weighted by molar-refractivity contribution is 0.601. The maximum absolute atomic E-state index is 12.2. The quantitative estimate of drug-likeness (QED) is 0.853. The number of nitrogens with one attached hydrogen (secondary N) is 1. The van der Waals surface area contributed by atoms with Crippen LogP contribution in [-0.2, 0) is 10.0 Å². The smallest absolute Gasteiger partial charge is 0.262 e. The fourth-order valence-corrected chi connectivity index (χ4v) is 2.97. The van der Waals surface area contributed by atoms with Crippen molar-refractivity contribution in [2.24, 2.45) is 0 Å². The van der Waals surface area contributed by atoms with Crippen molar-refractivity contribution in [3.63, 3.8) is 0 Å². The van der Waals surface area contributed by atoms with Crippen molar-refractivity contribution >= 4 is 33.0 Å². The summed E-state index contributed by atoms with van der Waals surface area (Å²) in [5, 5.41) is 0.312. The second-order valence-electron chi connectivity index (χ2n) is 4.41. The van der Waals surface area contributed by atoms with Gasteiger partial charge in [-0.25, -0.2) is 8.42 Å². The summed E-state index contributed by atoms with van der Waals surface area (Å²) in [5.74, 6) is 0. The highest BCUT2D eigenvalue weighted by molar-refractivity contribution is 7.92. The number of pyridine rings is 1. The Morgan fingerprint density at radius 2 is 1.95 bits per heavy atom. The molecule has 0 aliphatic heterocycles. The normalized spacial score (nSPS) is 11.3. The van der Waals surface area contributed by atoms with Gasteiger partial charge in [-0.1, -0.05) is 11.6 Å². The Hall–Kier alpha value is -1.79. The molecule has 0 fully saturated rings. The Bertz CT molecular complexity index is 720. The maximum atomic E-state index is 12.2. The molecule has 1 aromatic heterocycles. The molecule has 2 rings (SSSR count). The molecule has 5 nitrogen and oxygen atoms in total. The van der Waals surface area contributed by atoms with Crippen LogP contribution in [0.5, 0.6) is 0 Å². The highest BCUT2D eigenvalue weighted by Crippen LogP contribution is 2.27. The molecule has 1 aromatic carbocycles. The van der Waals surface area contributed by atoms with Crippen molar-refractivity contribution < 1.29 is 8.42 Å². The highest BCUT2D eigenvalue weighted by Gasteiger charge is 2.17. The Morgan fingerprint density at radius 3 is 2.50 bits per heavy atom. The lowest BCUT2D eigenvalue weighted by atomic mass is 10.2. The third-order valence-corrected chi connectivity index (χ3v) is 4.59. The van der Waals surface area contributed by atoms with Gasteiger partial charge in [0.05, 0.1) is 16.8 Å². The molecule has 7 heteroatoms. The van der Waals surface area contributed by atoms with E-state index in [4.69, 9.17) is 17.3 Å². The SMILES string of the molecule is Cc1ccc(NS(=O)(=O)c2cc(N)c(C)c(Cl)c2)cn1. The van der Waals surface area contributed by atoms with Gasteiger partial charge in [0, 0.05) is 16.4 Å². The van der Waals surface area contributed by atoms with Crippen LogP contribution in [0.4, 0.5) is 11.4 Å². The third-order valence-electron chi connectivity index (χ3n) is 2.83. The number of anilines is 2. The van der Waals surface area contributed by atoms with E-state index in [9.17, 15) is 8.42 Å². The molecule has 0 bridgehead atoms. The first kappa shape index (κ1) is 14.6. The lowest BCUT2D eigenvalue weighted by Crippen LogP contribution is -2.13. The number of nitrogens with two attached hydrogens (primary N) is 1. The standard InChI is InChI=1S/C13H14ClN3O2S/c1-8-3-4-10(7-16-8)17-20(18,19)11-5-12(14)9(2)13(15)6-11/h3-7,17H,15H2,1-2H3. The number of nitrogen functional groups attached to an aromatic ring is 1. The Balaban J connectivity index is 2.38. The number of halogens is 1. The van der Waals surface area contributed by atoms with Gasteiger partial charge in [0.15, 0.2) is 0 Å². The predicted molar refractivity (Wildman–Crippen MR) is 80.4 cm³/mol. The lowest BCUT2D eigenvalue weighted by Gasteiger charge is -2.10. The molecular weight excluding hydrogens is 298 g/mol. The molecule has 0 unspecified atom stereocenters. The van der Waals surface area contributed by atoms with Gasteiger partial charge in [0.25, 0.3) is 10.0 Å². The Kier molecular flexibility index (Phi) is 3.87. The third kappa shape index (κ3) is 3.02. The molecule has 2 aromatic rings. The summed E-state index contributed by atoms with van der Waals surface area (Å²) in [4.78, 5) is 4.05. The van der Waals surface area contributed by atoms with Gasteiger partial charge >= 0.3 is 0 Å². The summed E-state index contributed by atoms with van der Waals surface area (Å²) in [6, 6.07) is 6.11. The number of hydrogen-bond donors (Lipinski definition) is 2. The molecule has 106 valence electrons. The number of benzene rings is 1. The first-order valence-electron chi connectivity index (χ1n) is 5.81. The number of rotatable bonds is 3. The number of hydrogen-bond acceptors (Lipinski definition) is 4. The average Bonchev–Trinajstić information content (AvgIpc) is 2.38. The maximum Gasteiger partial charge on any atom is 0.262 e. The summed E-state index contributed by atoms with van der Waals surface area (Å²) in [7, 11) is -3.74. The summed E-state index contributed by atoms with van der Waals surface area (Å²) >= 11 is 5.96. The largest absolute Gasteiger partial charge is 0.398 e. The van der Waals surface area contributed by atoms with E-state index in [1.807, 2.05) is 6.92 Å². The van der Waals surface area contributed by atoms with Gasteiger partial charge in [-0.2, -0.15) is 0 Å². The van der Waals surface area contributed by atoms with Crippen LogP contribution in [0, 0.1) is 13.8 Å². The van der Waals surface area contributed by atoms with Gasteiger partial charge in [-0.3, -0.25) is 9.71 Å². The van der Waals surface area contributed by atoms with Crippen molar-refractivity contribution in [3.8, 4) is 0 Å². The van der Waals surface area contributed by atoms with E-state index in [0.29, 0.717) is 22.0 Å². The van der Waals surface area contributed by atoms with E-state index in [1.54, 1.807) is 19.1 Å². The van der Waals surface area contributed by atoms with E-state index in [1.165, 1.54) is 18.3 Å². The van der Waals surface area contributed by atoms with Crippen LogP contribution in [0.15, 0.2) is 35.4 Å². The zero-order chi connectivity index (χ0) is 14.9. The van der Waals surface area contributed by atoms with Crippen LogP contribution in [0.3, 0.4) is 0 Å². The van der Waals surface area contributed by atoms with Gasteiger partial charge in [0.1, 0.15) is 0 Å². The van der Waals surface area contributed by atoms with E-state index >= 15 is 0 Å². The van der Waals surface area contributed by atoms with Gasteiger partial charge in [-0.15, -0.1) is 0 Å². The van der Waals surface area contributed by atoms with Crippen molar-refractivity contribution in [2.45, 2.75) is 18.7 Å². The first-order chi connectivity index (χ1) is 9.29. The number of aryl methyl sites for hydroxylation is 1. The van der Waals surface area contributed by atoms with Crippen LogP contribution in [0.1, 0.15) is 11.3 Å². The molecule has 20 heavy (non-hydrogen) atoms. The second-order valence-corrected chi connectivity index (χ2v) is 6.50. The molecule has 0 spiro atoms. The van der Waals surface area contributed by atoms with Crippen molar-refractivity contribution in [2.75, 3.05) is 10.5 Å². The summed E-state index contributed by atoms with van der Waals surface area (Å²) < 4.78 is 26.9. The number of nitrogens with zero attached hydrogens (tertiary/aromatic N) is 1. The fraction of sp³-hybridized carbons (Fsp3) is 0.154. The van der Waals surface area contributed by atoms with Crippen LogP contribution in [0.25, 0.3) is 0 Å². The molecule has 0 radical (unpaired) electrons. The van der Waals surface area contributed by atoms with Gasteiger partial charge in [0.2, 0.25) is 0 Å². The summed E-state index contributed by atoms with van der Waals surface area (Å²) in [5.41, 5.74) is 7.91. The van der Waals surface area contributed by atoms with Gasteiger partial charge in [-0.05, 0) is 43.7 Å². The molecule has 3 N–H and O–H groups in total. The molecule has 1 heterocycles. The van der Waals surface area contributed by atoms with E-state index in [2.05, 4.69) is 9.71 Å². The van der Waals surface area contributed by atoms with E-state index < -0.39 is 10.0 Å². The van der Waals surface area contributed by atoms with E-state index in [-0.39, 0.29) is 4.90 Å². The predicted octanol–water partition coefficient (Wildman–Crippen LogP) is 2.73. The minimum atomic E-state index is -3.74. The minimum absolute atomic E-state index is 0.0196. The van der Waals surface area contributed by atoms with Crippen molar-refractivity contribution in [1.82, 2.24) is 4.98 Å². The number of aromatic nitrogens is 1. The van der Waals surface area contributed by atoms with Crippen LogP contribution < -0.4 is 10.5 Å². The Labute approximate surface area is 122 Å². The molecule has 0 atom stereocenters. The highest BCUT2D eigenvalue weighted by atomic mass is 35.5. The molecular formula is C13H14ClN3O2S. The molecule has 0 aliphatic carbocycles. The minimum Gasteiger partial charge on any atom is -0.398 e.